The van der Waals surface area contributed by atoms with E-state index in [9.17, 15) is 14.4 Å². The van der Waals surface area contributed by atoms with Gasteiger partial charge in [0.1, 0.15) is 6.04 Å². The Morgan fingerprint density at radius 2 is 2.00 bits per heavy atom. The molecule has 1 unspecified atom stereocenters. The third-order valence-corrected chi connectivity index (χ3v) is 7.07. The van der Waals surface area contributed by atoms with Gasteiger partial charge in [0.25, 0.3) is 5.91 Å². The molecule has 30 heavy (non-hydrogen) atoms. The van der Waals surface area contributed by atoms with E-state index in [1.54, 1.807) is 4.90 Å². The van der Waals surface area contributed by atoms with Crippen LogP contribution in [0.1, 0.15) is 47.2 Å². The van der Waals surface area contributed by atoms with Gasteiger partial charge in [0, 0.05) is 63.5 Å². The molecule has 3 saturated heterocycles. The lowest BCUT2D eigenvalue weighted by Gasteiger charge is -2.49. The number of fused-ring (bicyclic) bond motifs is 1. The maximum atomic E-state index is 13.1. The van der Waals surface area contributed by atoms with Gasteiger partial charge in [-0.05, 0) is 36.5 Å². The number of imide groups is 1. The minimum Gasteiger partial charge on any atom is -0.381 e. The highest BCUT2D eigenvalue weighted by Gasteiger charge is 2.41. The minimum absolute atomic E-state index is 0.109. The maximum absolute atomic E-state index is 13.1. The molecule has 4 aliphatic rings. The van der Waals surface area contributed by atoms with Crippen LogP contribution in [0.5, 0.6) is 0 Å². The van der Waals surface area contributed by atoms with Crippen LogP contribution < -0.4 is 10.6 Å². The number of piperazine rings is 1. The number of piperidine rings is 1. The molecule has 0 aromatic heterocycles. The molecule has 8 heteroatoms. The summed E-state index contributed by atoms with van der Waals surface area (Å²) >= 11 is 0. The molecule has 0 radical (unpaired) electrons. The molecule has 5 rings (SSSR count). The predicted molar refractivity (Wildman–Crippen MR) is 109 cm³/mol. The Balaban J connectivity index is 1.33. The summed E-state index contributed by atoms with van der Waals surface area (Å²) in [6.45, 7) is 5.74. The van der Waals surface area contributed by atoms with Crippen LogP contribution in [-0.4, -0.2) is 72.0 Å². The first-order valence-corrected chi connectivity index (χ1v) is 10.9. The Morgan fingerprint density at radius 1 is 1.17 bits per heavy atom. The van der Waals surface area contributed by atoms with Gasteiger partial charge in [0.15, 0.2) is 0 Å². The average Bonchev–Trinajstić information content (AvgIpc) is 3.06. The molecule has 4 aliphatic heterocycles. The van der Waals surface area contributed by atoms with Crippen LogP contribution in [-0.2, 0) is 27.4 Å². The van der Waals surface area contributed by atoms with E-state index in [1.807, 2.05) is 12.1 Å². The van der Waals surface area contributed by atoms with Crippen molar-refractivity contribution >= 4 is 17.7 Å². The molecule has 0 bridgehead atoms. The SMILES string of the molecule is O=C1CCC(N2Cc3ccc(CN4CCNCC45CCOCC5)cc3C2=O)C(=O)N1. The Morgan fingerprint density at radius 3 is 2.80 bits per heavy atom. The van der Waals surface area contributed by atoms with Gasteiger partial charge >= 0.3 is 0 Å². The third kappa shape index (κ3) is 3.42. The molecule has 1 spiro atoms. The summed E-state index contributed by atoms with van der Waals surface area (Å²) in [5.74, 6) is -0.738. The van der Waals surface area contributed by atoms with Crippen LogP contribution >= 0.6 is 0 Å². The summed E-state index contributed by atoms with van der Waals surface area (Å²) in [6, 6.07) is 5.56. The molecule has 2 N–H and O–H groups in total. The summed E-state index contributed by atoms with van der Waals surface area (Å²) < 4.78 is 5.60. The quantitative estimate of drug-likeness (QED) is 0.699. The highest BCUT2D eigenvalue weighted by Crippen LogP contribution is 2.32. The van der Waals surface area contributed by atoms with Crippen LogP contribution in [0.3, 0.4) is 0 Å². The van der Waals surface area contributed by atoms with Crippen molar-refractivity contribution in [1.82, 2.24) is 20.4 Å². The summed E-state index contributed by atoms with van der Waals surface area (Å²) in [6.07, 6.45) is 2.71. The van der Waals surface area contributed by atoms with Crippen molar-refractivity contribution < 1.29 is 19.1 Å². The topological polar surface area (TPSA) is 91.0 Å². The molecular formula is C22H28N4O4. The highest BCUT2D eigenvalue weighted by atomic mass is 16.5. The second-order valence-corrected chi connectivity index (χ2v) is 8.83. The molecule has 1 aromatic carbocycles. The molecular weight excluding hydrogens is 384 g/mol. The van der Waals surface area contributed by atoms with E-state index in [1.165, 1.54) is 0 Å². The number of ether oxygens (including phenoxy) is 1. The number of hydrogen-bond acceptors (Lipinski definition) is 6. The molecule has 1 aromatic rings. The Hall–Kier alpha value is -2.29. The predicted octanol–water partition coefficient (Wildman–Crippen LogP) is 0.402. The van der Waals surface area contributed by atoms with Crippen molar-refractivity contribution in [2.45, 2.75) is 50.4 Å². The van der Waals surface area contributed by atoms with Crippen LogP contribution in [0.25, 0.3) is 0 Å². The van der Waals surface area contributed by atoms with Crippen LogP contribution in [0, 0.1) is 0 Å². The van der Waals surface area contributed by atoms with Gasteiger partial charge in [-0.2, -0.15) is 0 Å². The Bertz CT molecular complexity index is 872. The van der Waals surface area contributed by atoms with Crippen molar-refractivity contribution in [3.63, 3.8) is 0 Å². The summed E-state index contributed by atoms with van der Waals surface area (Å²) in [5, 5.41) is 5.90. The molecule has 3 fully saturated rings. The number of rotatable bonds is 3. The summed E-state index contributed by atoms with van der Waals surface area (Å²) in [5.41, 5.74) is 2.89. The molecule has 160 valence electrons. The number of hydrogen-bond donors (Lipinski definition) is 2. The lowest BCUT2D eigenvalue weighted by Crippen LogP contribution is -2.62. The molecule has 4 heterocycles. The molecule has 1 atom stereocenters. The van der Waals surface area contributed by atoms with Crippen LogP contribution in [0.4, 0.5) is 0 Å². The van der Waals surface area contributed by atoms with E-state index in [0.29, 0.717) is 18.5 Å². The van der Waals surface area contributed by atoms with E-state index in [4.69, 9.17) is 4.74 Å². The van der Waals surface area contributed by atoms with Gasteiger partial charge in [-0.25, -0.2) is 0 Å². The number of nitrogens with one attached hydrogen (secondary N) is 2. The van der Waals surface area contributed by atoms with Crippen molar-refractivity contribution in [2.24, 2.45) is 0 Å². The van der Waals surface area contributed by atoms with Crippen molar-refractivity contribution in [3.8, 4) is 0 Å². The van der Waals surface area contributed by atoms with Gasteiger partial charge in [0.05, 0.1) is 0 Å². The van der Waals surface area contributed by atoms with E-state index in [-0.39, 0.29) is 29.7 Å². The number of nitrogens with zero attached hydrogens (tertiary/aromatic N) is 2. The average molecular weight is 412 g/mol. The van der Waals surface area contributed by atoms with Crippen molar-refractivity contribution in [1.29, 1.82) is 0 Å². The fourth-order valence-electron chi connectivity index (χ4n) is 5.30. The molecule has 8 nitrogen and oxygen atoms in total. The standard InChI is InChI=1S/C22H28N4O4/c27-19-4-3-18(20(28)24-19)26-13-16-2-1-15(11-17(16)21(26)29)12-25-8-7-23-14-22(25)5-9-30-10-6-22/h1-2,11,18,23H,3-10,12-14H2,(H,24,27,28). The lowest BCUT2D eigenvalue weighted by atomic mass is 9.85. The number of benzene rings is 1. The van der Waals surface area contributed by atoms with Crippen LogP contribution in [0.2, 0.25) is 0 Å². The first-order chi connectivity index (χ1) is 14.6. The fraction of sp³-hybridized carbons (Fsp3) is 0.591. The van der Waals surface area contributed by atoms with E-state index < -0.39 is 6.04 Å². The normalized spacial score (nSPS) is 26.7. The monoisotopic (exact) mass is 412 g/mol. The zero-order chi connectivity index (χ0) is 20.7. The highest BCUT2D eigenvalue weighted by molar-refractivity contribution is 6.05. The number of amides is 3. The second-order valence-electron chi connectivity index (χ2n) is 8.83. The van der Waals surface area contributed by atoms with E-state index in [2.05, 4.69) is 21.6 Å². The Labute approximate surface area is 175 Å². The Kier molecular flexibility index (Phi) is 5.08. The lowest BCUT2D eigenvalue weighted by molar-refractivity contribution is -0.136. The number of carbonyl (C=O) groups excluding carboxylic acids is 3. The second kappa shape index (κ2) is 7.76. The third-order valence-electron chi connectivity index (χ3n) is 7.07. The smallest absolute Gasteiger partial charge is 0.255 e. The molecule has 0 aliphatic carbocycles. The van der Waals surface area contributed by atoms with Gasteiger partial charge in [-0.15, -0.1) is 0 Å². The van der Waals surface area contributed by atoms with Crippen molar-refractivity contribution in [3.05, 3.63) is 34.9 Å². The zero-order valence-electron chi connectivity index (χ0n) is 17.1. The molecule has 0 saturated carbocycles. The van der Waals surface area contributed by atoms with Gasteiger partial charge in [-0.1, -0.05) is 12.1 Å². The summed E-state index contributed by atoms with van der Waals surface area (Å²) in [7, 11) is 0. The molecule has 3 amide bonds. The number of carbonyl (C=O) groups is 3. The largest absolute Gasteiger partial charge is 0.381 e. The van der Waals surface area contributed by atoms with Crippen LogP contribution in [0.15, 0.2) is 18.2 Å². The van der Waals surface area contributed by atoms with Gasteiger partial charge in [-0.3, -0.25) is 24.6 Å². The van der Waals surface area contributed by atoms with Gasteiger partial charge < -0.3 is 15.0 Å². The maximum Gasteiger partial charge on any atom is 0.255 e. The van der Waals surface area contributed by atoms with E-state index >= 15 is 0 Å². The first-order valence-electron chi connectivity index (χ1n) is 10.9. The van der Waals surface area contributed by atoms with Crippen molar-refractivity contribution in [2.75, 3.05) is 32.8 Å². The summed E-state index contributed by atoms with van der Waals surface area (Å²) in [4.78, 5) is 40.9. The zero-order valence-corrected chi connectivity index (χ0v) is 17.1. The van der Waals surface area contributed by atoms with E-state index in [0.717, 1.165) is 63.4 Å². The van der Waals surface area contributed by atoms with Gasteiger partial charge in [0.2, 0.25) is 11.8 Å². The minimum atomic E-state index is -0.565. The first kappa shape index (κ1) is 19.7. The fourth-order valence-corrected chi connectivity index (χ4v) is 5.30.